The third-order valence-corrected chi connectivity index (χ3v) is 3.63. The fourth-order valence-corrected chi connectivity index (χ4v) is 2.22. The van der Waals surface area contributed by atoms with Gasteiger partial charge < -0.3 is 15.2 Å². The quantitative estimate of drug-likeness (QED) is 0.883. The summed E-state index contributed by atoms with van der Waals surface area (Å²) in [5.74, 6) is -0.400. The molecule has 0 saturated carbocycles. The number of aryl methyl sites for hydroxylation is 1. The number of anilines is 1. The summed E-state index contributed by atoms with van der Waals surface area (Å²) < 4.78 is 15.2. The maximum atomic E-state index is 13.4. The van der Waals surface area contributed by atoms with E-state index in [2.05, 4.69) is 15.6 Å². The van der Waals surface area contributed by atoms with Gasteiger partial charge in [0.25, 0.3) is 0 Å². The van der Waals surface area contributed by atoms with Crippen molar-refractivity contribution in [1.82, 2.24) is 14.9 Å². The molecule has 7 heteroatoms. The Balaban J connectivity index is 1.98. The molecule has 2 rings (SSSR count). The van der Waals surface area contributed by atoms with Crippen molar-refractivity contribution in [2.24, 2.45) is 0 Å². The van der Waals surface area contributed by atoms with Gasteiger partial charge in [0.15, 0.2) is 0 Å². The molecule has 22 heavy (non-hydrogen) atoms. The number of halogens is 2. The fourth-order valence-electron chi connectivity index (χ4n) is 2.02. The molecule has 1 aromatic heterocycles. The average Bonchev–Trinajstić information content (AvgIpc) is 2.97. The van der Waals surface area contributed by atoms with Crippen molar-refractivity contribution in [2.75, 3.05) is 5.32 Å². The minimum absolute atomic E-state index is 0.0467. The second kappa shape index (κ2) is 7.26. The van der Waals surface area contributed by atoms with Crippen LogP contribution in [0.5, 0.6) is 0 Å². The highest BCUT2D eigenvalue weighted by Gasteiger charge is 2.13. The number of imidazole rings is 1. The number of hydrogen-bond acceptors (Lipinski definition) is 2. The number of amides is 2. The van der Waals surface area contributed by atoms with Gasteiger partial charge in [-0.15, -0.1) is 0 Å². The fraction of sp³-hybridized carbons (Fsp3) is 0.333. The monoisotopic (exact) mass is 324 g/mol. The van der Waals surface area contributed by atoms with E-state index >= 15 is 0 Å². The molecular weight excluding hydrogens is 307 g/mol. The highest BCUT2D eigenvalue weighted by atomic mass is 35.5. The third kappa shape index (κ3) is 4.21. The van der Waals surface area contributed by atoms with Gasteiger partial charge in [-0.25, -0.2) is 14.2 Å². The molecule has 0 fully saturated rings. The summed E-state index contributed by atoms with van der Waals surface area (Å²) in [6, 6.07) is 2.28. The number of rotatable bonds is 5. The van der Waals surface area contributed by atoms with Crippen molar-refractivity contribution in [2.45, 2.75) is 32.9 Å². The summed E-state index contributed by atoms with van der Waals surface area (Å²) in [5.41, 5.74) is 0.806. The topological polar surface area (TPSA) is 59.0 Å². The molecule has 2 amide bonds. The maximum Gasteiger partial charge on any atom is 0.319 e. The Kier molecular flexibility index (Phi) is 5.38. The van der Waals surface area contributed by atoms with E-state index in [1.165, 1.54) is 12.1 Å². The van der Waals surface area contributed by atoms with Gasteiger partial charge in [-0.3, -0.25) is 0 Å². The molecule has 0 aliphatic rings. The zero-order chi connectivity index (χ0) is 16.1. The Morgan fingerprint density at radius 2 is 2.27 bits per heavy atom. The minimum atomic E-state index is -0.400. The molecule has 0 saturated heterocycles. The summed E-state index contributed by atoms with van der Waals surface area (Å²) in [6.45, 7) is 4.22. The van der Waals surface area contributed by atoms with Crippen LogP contribution in [0.1, 0.15) is 18.9 Å². The van der Waals surface area contributed by atoms with Gasteiger partial charge in [0.05, 0.1) is 17.0 Å². The molecule has 1 atom stereocenters. The van der Waals surface area contributed by atoms with E-state index in [9.17, 15) is 9.18 Å². The van der Waals surface area contributed by atoms with Crippen molar-refractivity contribution in [3.8, 4) is 0 Å². The average molecular weight is 325 g/mol. The second-order valence-electron chi connectivity index (χ2n) is 5.04. The normalized spacial score (nSPS) is 12.0. The first-order valence-electron chi connectivity index (χ1n) is 6.98. The van der Waals surface area contributed by atoms with E-state index in [4.69, 9.17) is 11.6 Å². The summed E-state index contributed by atoms with van der Waals surface area (Å²) in [6.07, 6.45) is 5.99. The predicted octanol–water partition coefficient (Wildman–Crippen LogP) is 3.58. The molecule has 0 spiro atoms. The van der Waals surface area contributed by atoms with Crippen molar-refractivity contribution in [3.63, 3.8) is 0 Å². The Morgan fingerprint density at radius 3 is 2.91 bits per heavy atom. The number of hydrogen-bond donors (Lipinski definition) is 2. The Labute approximate surface area is 133 Å². The maximum absolute atomic E-state index is 13.4. The van der Waals surface area contributed by atoms with Crippen LogP contribution in [0.2, 0.25) is 5.02 Å². The highest BCUT2D eigenvalue weighted by molar-refractivity contribution is 6.33. The number of aromatic nitrogens is 2. The summed E-state index contributed by atoms with van der Waals surface area (Å²) in [5, 5.41) is 5.68. The predicted molar refractivity (Wildman–Crippen MR) is 84.6 cm³/mol. The van der Waals surface area contributed by atoms with Gasteiger partial charge in [-0.1, -0.05) is 18.5 Å². The van der Waals surface area contributed by atoms with Gasteiger partial charge in [-0.05, 0) is 31.0 Å². The molecule has 5 nitrogen and oxygen atoms in total. The van der Waals surface area contributed by atoms with E-state index in [1.54, 1.807) is 19.4 Å². The van der Waals surface area contributed by atoms with E-state index in [0.29, 0.717) is 17.8 Å². The second-order valence-corrected chi connectivity index (χ2v) is 5.45. The Bertz CT molecular complexity index is 645. The van der Waals surface area contributed by atoms with Gasteiger partial charge in [0, 0.05) is 25.0 Å². The van der Waals surface area contributed by atoms with Crippen LogP contribution < -0.4 is 10.6 Å². The van der Waals surface area contributed by atoms with Crippen molar-refractivity contribution in [3.05, 3.63) is 47.3 Å². The van der Waals surface area contributed by atoms with Gasteiger partial charge in [0.1, 0.15) is 5.82 Å². The molecule has 1 heterocycles. The molecule has 1 aromatic carbocycles. The van der Waals surface area contributed by atoms with Gasteiger partial charge >= 0.3 is 6.03 Å². The van der Waals surface area contributed by atoms with Crippen LogP contribution in [0.3, 0.4) is 0 Å². The summed E-state index contributed by atoms with van der Waals surface area (Å²) in [7, 11) is 0. The molecule has 0 aliphatic heterocycles. The van der Waals surface area contributed by atoms with E-state index in [0.717, 1.165) is 6.42 Å². The standard InChI is InChI=1S/C15H18ClFN4O/c1-3-11(8-21-5-4-18-9-21)19-15(22)20-14-6-10(2)13(17)7-12(14)16/h4-7,9,11H,3,8H2,1-2H3,(H2,19,20,22)/t11-/m0/s1. The Hall–Kier alpha value is -2.08. The third-order valence-electron chi connectivity index (χ3n) is 3.31. The lowest BCUT2D eigenvalue weighted by Gasteiger charge is -2.18. The molecular formula is C15H18ClFN4O. The van der Waals surface area contributed by atoms with Crippen LogP contribution in [-0.2, 0) is 6.54 Å². The number of benzene rings is 1. The van der Waals surface area contributed by atoms with Gasteiger partial charge in [-0.2, -0.15) is 0 Å². The molecule has 2 aromatic rings. The van der Waals surface area contributed by atoms with Crippen LogP contribution in [-0.4, -0.2) is 21.6 Å². The number of carbonyl (C=O) groups is 1. The molecule has 0 bridgehead atoms. The van der Waals surface area contributed by atoms with Crippen molar-refractivity contribution in [1.29, 1.82) is 0 Å². The molecule has 2 N–H and O–H groups in total. The summed E-state index contributed by atoms with van der Waals surface area (Å²) in [4.78, 5) is 16.0. The number of urea groups is 1. The smallest absolute Gasteiger partial charge is 0.319 e. The first-order chi connectivity index (χ1) is 10.5. The number of carbonyl (C=O) groups excluding carboxylic acids is 1. The van der Waals surface area contributed by atoms with Crippen LogP contribution in [0, 0.1) is 12.7 Å². The van der Waals surface area contributed by atoms with E-state index < -0.39 is 5.82 Å². The lowest BCUT2D eigenvalue weighted by molar-refractivity contribution is 0.246. The first kappa shape index (κ1) is 16.3. The molecule has 0 unspecified atom stereocenters. The van der Waals surface area contributed by atoms with E-state index in [-0.39, 0.29) is 17.1 Å². The van der Waals surface area contributed by atoms with Crippen molar-refractivity contribution < 1.29 is 9.18 Å². The molecule has 0 aliphatic carbocycles. The van der Waals surface area contributed by atoms with Crippen LogP contribution in [0.25, 0.3) is 0 Å². The largest absolute Gasteiger partial charge is 0.335 e. The van der Waals surface area contributed by atoms with Crippen LogP contribution in [0.4, 0.5) is 14.9 Å². The van der Waals surface area contributed by atoms with Crippen LogP contribution >= 0.6 is 11.6 Å². The number of nitrogens with zero attached hydrogens (tertiary/aromatic N) is 2. The van der Waals surface area contributed by atoms with E-state index in [1.807, 2.05) is 17.7 Å². The minimum Gasteiger partial charge on any atom is -0.335 e. The lowest BCUT2D eigenvalue weighted by Crippen LogP contribution is -2.40. The first-order valence-corrected chi connectivity index (χ1v) is 7.36. The zero-order valence-electron chi connectivity index (χ0n) is 12.4. The number of nitrogens with one attached hydrogen (secondary N) is 2. The van der Waals surface area contributed by atoms with Crippen LogP contribution in [0.15, 0.2) is 30.9 Å². The zero-order valence-corrected chi connectivity index (χ0v) is 13.2. The van der Waals surface area contributed by atoms with Crippen molar-refractivity contribution >= 4 is 23.3 Å². The van der Waals surface area contributed by atoms with Gasteiger partial charge in [0.2, 0.25) is 0 Å². The highest BCUT2D eigenvalue weighted by Crippen LogP contribution is 2.25. The SMILES string of the molecule is CC[C@@H](Cn1ccnc1)NC(=O)Nc1cc(C)c(F)cc1Cl. The Morgan fingerprint density at radius 1 is 1.50 bits per heavy atom. The lowest BCUT2D eigenvalue weighted by atomic mass is 10.2. The molecule has 0 radical (unpaired) electrons. The summed E-state index contributed by atoms with van der Waals surface area (Å²) >= 11 is 5.94. The molecule has 118 valence electrons.